The minimum absolute atomic E-state index is 0.0363. The Morgan fingerprint density at radius 3 is 2.94 bits per heavy atom. The molecule has 1 aliphatic rings. The van der Waals surface area contributed by atoms with Crippen LogP contribution in [0, 0.1) is 5.92 Å². The van der Waals surface area contributed by atoms with E-state index in [2.05, 4.69) is 16.4 Å². The fraction of sp³-hybridized carbons (Fsp3) is 0.357. The number of nitrogens with one attached hydrogen (secondary N) is 2. The van der Waals surface area contributed by atoms with E-state index in [0.717, 1.165) is 24.2 Å². The largest absolute Gasteiger partial charge is 0.384 e. The topological polar surface area (TPSA) is 44.9 Å². The van der Waals surface area contributed by atoms with Crippen molar-refractivity contribution in [2.75, 3.05) is 11.9 Å². The molecule has 3 nitrogen and oxygen atoms in total. The Hall–Kier alpha value is -1.77. The first-order valence-corrected chi connectivity index (χ1v) is 6.09. The van der Waals surface area contributed by atoms with E-state index in [-0.39, 0.29) is 11.7 Å². The lowest BCUT2D eigenvalue weighted by Gasteiger charge is -1.99. The number of anilines is 1. The van der Waals surface area contributed by atoms with Crippen molar-refractivity contribution in [2.45, 2.75) is 20.3 Å². The number of hydrogen-bond donors (Lipinski definition) is 2. The van der Waals surface area contributed by atoms with E-state index >= 15 is 0 Å². The second-order valence-electron chi connectivity index (χ2n) is 4.93. The van der Waals surface area contributed by atoms with E-state index in [1.807, 2.05) is 26.0 Å². The number of carbonyl (C=O) groups is 1. The monoisotopic (exact) mass is 228 g/mol. The van der Waals surface area contributed by atoms with Gasteiger partial charge in [-0.2, -0.15) is 0 Å². The maximum absolute atomic E-state index is 12.0. The number of hydrogen-bond acceptors (Lipinski definition) is 2. The molecule has 0 saturated heterocycles. The number of carbonyl (C=O) groups excluding carboxylic acids is 1. The van der Waals surface area contributed by atoms with Crippen molar-refractivity contribution in [3.8, 4) is 0 Å². The zero-order valence-electron chi connectivity index (χ0n) is 10.1. The molecule has 1 aromatic carbocycles. The maximum Gasteiger partial charge on any atom is 0.181 e. The first-order valence-electron chi connectivity index (χ1n) is 6.09. The van der Waals surface area contributed by atoms with Crippen LogP contribution < -0.4 is 5.32 Å². The van der Waals surface area contributed by atoms with E-state index in [1.54, 1.807) is 0 Å². The quantitative estimate of drug-likeness (QED) is 0.776. The third-order valence-corrected chi connectivity index (χ3v) is 3.40. The zero-order chi connectivity index (χ0) is 12.0. The lowest BCUT2D eigenvalue weighted by atomic mass is 10.0. The highest BCUT2D eigenvalue weighted by atomic mass is 16.1. The van der Waals surface area contributed by atoms with E-state index in [0.29, 0.717) is 0 Å². The highest BCUT2D eigenvalue weighted by Gasteiger charge is 2.18. The Balaban J connectivity index is 2.17. The molecule has 3 rings (SSSR count). The summed E-state index contributed by atoms with van der Waals surface area (Å²) in [6.45, 7) is 4.85. The van der Waals surface area contributed by atoms with Gasteiger partial charge in [-0.05, 0) is 30.2 Å². The van der Waals surface area contributed by atoms with Gasteiger partial charge in [0.05, 0.1) is 5.69 Å². The fourth-order valence-electron chi connectivity index (χ4n) is 2.46. The van der Waals surface area contributed by atoms with Gasteiger partial charge >= 0.3 is 0 Å². The molecule has 17 heavy (non-hydrogen) atoms. The fourth-order valence-corrected chi connectivity index (χ4v) is 2.46. The summed E-state index contributed by atoms with van der Waals surface area (Å²) in [5, 5.41) is 4.55. The van der Waals surface area contributed by atoms with Crippen LogP contribution in [0.15, 0.2) is 18.2 Å². The van der Waals surface area contributed by atoms with Crippen LogP contribution in [0.3, 0.4) is 0 Å². The summed E-state index contributed by atoms with van der Waals surface area (Å²) >= 11 is 0. The van der Waals surface area contributed by atoms with Crippen LogP contribution in [-0.2, 0) is 6.42 Å². The third-order valence-electron chi connectivity index (χ3n) is 3.40. The highest BCUT2D eigenvalue weighted by Crippen LogP contribution is 2.31. The molecule has 1 aliphatic heterocycles. The molecule has 0 atom stereocenters. The third kappa shape index (κ3) is 1.54. The summed E-state index contributed by atoms with van der Waals surface area (Å²) in [5.74, 6) is 0.218. The van der Waals surface area contributed by atoms with Gasteiger partial charge in [0.2, 0.25) is 0 Å². The van der Waals surface area contributed by atoms with Crippen molar-refractivity contribution >= 4 is 22.4 Å². The van der Waals surface area contributed by atoms with Gasteiger partial charge in [0.1, 0.15) is 0 Å². The Morgan fingerprint density at radius 1 is 1.35 bits per heavy atom. The van der Waals surface area contributed by atoms with Crippen molar-refractivity contribution in [2.24, 2.45) is 5.92 Å². The second kappa shape index (κ2) is 3.62. The van der Waals surface area contributed by atoms with Crippen molar-refractivity contribution in [1.29, 1.82) is 0 Å². The second-order valence-corrected chi connectivity index (χ2v) is 4.93. The first kappa shape index (κ1) is 10.4. The summed E-state index contributed by atoms with van der Waals surface area (Å²) in [6.07, 6.45) is 1.04. The van der Waals surface area contributed by atoms with E-state index < -0.39 is 0 Å². The smallest absolute Gasteiger partial charge is 0.181 e. The number of benzene rings is 1. The molecule has 0 unspecified atom stereocenters. The number of aromatic amines is 1. The van der Waals surface area contributed by atoms with Crippen LogP contribution in [0.4, 0.5) is 5.69 Å². The Kier molecular flexibility index (Phi) is 2.21. The van der Waals surface area contributed by atoms with Gasteiger partial charge in [-0.3, -0.25) is 4.79 Å². The van der Waals surface area contributed by atoms with Gasteiger partial charge in [-0.25, -0.2) is 0 Å². The predicted molar refractivity (Wildman–Crippen MR) is 69.7 cm³/mol. The van der Waals surface area contributed by atoms with Crippen molar-refractivity contribution in [3.63, 3.8) is 0 Å². The number of ketones is 1. The highest BCUT2D eigenvalue weighted by molar-refractivity contribution is 6.02. The maximum atomic E-state index is 12.0. The first-order chi connectivity index (χ1) is 8.16. The van der Waals surface area contributed by atoms with Crippen LogP contribution >= 0.6 is 0 Å². The molecule has 2 aromatic rings. The van der Waals surface area contributed by atoms with Gasteiger partial charge in [-0.15, -0.1) is 0 Å². The van der Waals surface area contributed by atoms with Crippen molar-refractivity contribution in [1.82, 2.24) is 4.98 Å². The van der Waals surface area contributed by atoms with Gasteiger partial charge in [0.15, 0.2) is 5.78 Å². The van der Waals surface area contributed by atoms with Gasteiger partial charge in [0.25, 0.3) is 0 Å². The van der Waals surface area contributed by atoms with Crippen molar-refractivity contribution < 1.29 is 4.79 Å². The molecule has 88 valence electrons. The number of Topliss-reactive ketones (excluding diaryl/α,β-unsaturated/α-hetero) is 1. The van der Waals surface area contributed by atoms with Gasteiger partial charge < -0.3 is 10.3 Å². The lowest BCUT2D eigenvalue weighted by molar-refractivity contribution is 0.0935. The number of H-pyrrole nitrogens is 1. The molecule has 0 spiro atoms. The SMILES string of the molecule is CC(C)C(=O)c1cc2c3c(ccc2[nH]1)NCC3. The molecule has 0 aliphatic carbocycles. The minimum Gasteiger partial charge on any atom is -0.384 e. The average molecular weight is 228 g/mol. The standard InChI is InChI=1S/C14H16N2O/c1-8(2)14(17)13-7-10-9-5-6-15-11(9)3-4-12(10)16-13/h3-4,7-8,15-16H,5-6H2,1-2H3. The predicted octanol–water partition coefficient (Wildman–Crippen LogP) is 2.97. The van der Waals surface area contributed by atoms with Crippen LogP contribution in [-0.4, -0.2) is 17.3 Å². The molecule has 1 aromatic heterocycles. The molecular formula is C14H16N2O. The van der Waals surface area contributed by atoms with Gasteiger partial charge in [-0.1, -0.05) is 13.8 Å². The molecule has 0 amide bonds. The Bertz CT molecular complexity index is 596. The van der Waals surface area contributed by atoms with E-state index in [1.165, 1.54) is 16.6 Å². The normalized spacial score (nSPS) is 14.1. The molecule has 2 heterocycles. The van der Waals surface area contributed by atoms with Crippen molar-refractivity contribution in [3.05, 3.63) is 29.5 Å². The summed E-state index contributed by atoms with van der Waals surface area (Å²) in [5.41, 5.74) is 4.34. The van der Waals surface area contributed by atoms with Crippen LogP contribution in [0.2, 0.25) is 0 Å². The Labute approximate surface area is 100 Å². The van der Waals surface area contributed by atoms with E-state index in [9.17, 15) is 4.79 Å². The molecule has 0 saturated carbocycles. The zero-order valence-corrected chi connectivity index (χ0v) is 10.1. The van der Waals surface area contributed by atoms with Crippen LogP contribution in [0.25, 0.3) is 10.9 Å². The molecule has 0 fully saturated rings. The minimum atomic E-state index is 0.0363. The molecule has 2 N–H and O–H groups in total. The van der Waals surface area contributed by atoms with Crippen LogP contribution in [0.1, 0.15) is 29.9 Å². The average Bonchev–Trinajstić information content (AvgIpc) is 2.92. The van der Waals surface area contributed by atoms with Crippen LogP contribution in [0.5, 0.6) is 0 Å². The number of aromatic nitrogens is 1. The summed E-state index contributed by atoms with van der Waals surface area (Å²) in [6, 6.07) is 6.14. The van der Waals surface area contributed by atoms with E-state index in [4.69, 9.17) is 0 Å². The number of rotatable bonds is 2. The summed E-state index contributed by atoms with van der Waals surface area (Å²) in [7, 11) is 0. The Morgan fingerprint density at radius 2 is 2.18 bits per heavy atom. The molecule has 3 heteroatoms. The lowest BCUT2D eigenvalue weighted by Crippen LogP contribution is -2.07. The molecule has 0 bridgehead atoms. The van der Waals surface area contributed by atoms with Gasteiger partial charge in [0, 0.05) is 29.1 Å². The molecule has 0 radical (unpaired) electrons. The summed E-state index contributed by atoms with van der Waals surface area (Å²) in [4.78, 5) is 15.2. The summed E-state index contributed by atoms with van der Waals surface area (Å²) < 4.78 is 0. The number of fused-ring (bicyclic) bond motifs is 3. The molecular weight excluding hydrogens is 212 g/mol.